The number of H-pyrrole nitrogens is 1. The Morgan fingerprint density at radius 2 is 1.82 bits per heavy atom. The molecule has 2 aromatic carbocycles. The second-order valence-electron chi connectivity index (χ2n) is 7.67. The van der Waals surface area contributed by atoms with Gasteiger partial charge in [0.2, 0.25) is 0 Å². The third-order valence-corrected chi connectivity index (χ3v) is 6.15. The van der Waals surface area contributed by atoms with Crippen molar-refractivity contribution in [3.63, 3.8) is 0 Å². The Hall–Kier alpha value is -2.66. The fourth-order valence-electron chi connectivity index (χ4n) is 4.51. The molecule has 28 heavy (non-hydrogen) atoms. The molecule has 0 fully saturated rings. The molecule has 0 unspecified atom stereocenters. The van der Waals surface area contributed by atoms with Gasteiger partial charge in [-0.05, 0) is 68.6 Å². The summed E-state index contributed by atoms with van der Waals surface area (Å²) in [6.07, 6.45) is 5.80. The minimum atomic E-state index is 0.651. The Morgan fingerprint density at radius 1 is 1.04 bits per heavy atom. The van der Waals surface area contributed by atoms with Gasteiger partial charge in [0.25, 0.3) is 0 Å². The van der Waals surface area contributed by atoms with Gasteiger partial charge in [0.15, 0.2) is 4.77 Å². The molecule has 0 radical (unpaired) electrons. The van der Waals surface area contributed by atoms with Crippen molar-refractivity contribution in [2.45, 2.75) is 45.6 Å². The third-order valence-electron chi connectivity index (χ3n) is 5.88. The van der Waals surface area contributed by atoms with Gasteiger partial charge in [0.1, 0.15) is 5.82 Å². The van der Waals surface area contributed by atoms with Gasteiger partial charge in [0.05, 0.1) is 0 Å². The number of para-hydroxylation sites is 1. The van der Waals surface area contributed by atoms with E-state index in [0.29, 0.717) is 4.77 Å². The molecule has 0 aliphatic heterocycles. The number of fused-ring (bicyclic) bond motifs is 3. The largest absolute Gasteiger partial charge is 0.344 e. The van der Waals surface area contributed by atoms with Crippen molar-refractivity contribution in [3.05, 3.63) is 75.9 Å². The molecule has 0 amide bonds. The Labute approximate surface area is 169 Å². The number of rotatable bonds is 4. The number of nitrogens with one attached hydrogen (secondary N) is 1. The van der Waals surface area contributed by atoms with E-state index in [1.807, 2.05) is 0 Å². The SMILES string of the molecule is Cc1ccc(-n2c(CCn3c4c(c5ccccc53)CCCC4)n[nH]c2=S)cc1. The first-order valence-corrected chi connectivity index (χ1v) is 10.5. The lowest BCUT2D eigenvalue weighted by atomic mass is 9.95. The molecule has 1 aliphatic rings. The summed E-state index contributed by atoms with van der Waals surface area (Å²) >= 11 is 5.51. The highest BCUT2D eigenvalue weighted by Gasteiger charge is 2.20. The Balaban J connectivity index is 1.52. The van der Waals surface area contributed by atoms with Crippen LogP contribution < -0.4 is 0 Å². The predicted octanol–water partition coefficient (Wildman–Crippen LogP) is 5.31. The molecule has 2 heterocycles. The number of aryl methyl sites for hydroxylation is 4. The van der Waals surface area contributed by atoms with Crippen LogP contribution in [0.2, 0.25) is 0 Å². The first-order chi connectivity index (χ1) is 13.7. The van der Waals surface area contributed by atoms with Crippen LogP contribution >= 0.6 is 12.2 Å². The van der Waals surface area contributed by atoms with Crippen molar-refractivity contribution in [2.24, 2.45) is 0 Å². The number of aromatic amines is 1. The lowest BCUT2D eigenvalue weighted by molar-refractivity contribution is 0.602. The standard InChI is InChI=1S/C23H24N4S/c1-16-10-12-17(13-11-16)27-22(24-25-23(27)28)14-15-26-20-8-4-2-6-18(20)19-7-3-5-9-21(19)26/h2,4,6,8,10-13H,3,5,7,9,14-15H2,1H3,(H,25,28). The average molecular weight is 389 g/mol. The summed E-state index contributed by atoms with van der Waals surface area (Å²) in [4.78, 5) is 0. The second-order valence-corrected chi connectivity index (χ2v) is 8.05. The molecule has 0 atom stereocenters. The minimum Gasteiger partial charge on any atom is -0.344 e. The van der Waals surface area contributed by atoms with Gasteiger partial charge in [-0.15, -0.1) is 0 Å². The van der Waals surface area contributed by atoms with Gasteiger partial charge < -0.3 is 4.57 Å². The van der Waals surface area contributed by atoms with Crippen molar-refractivity contribution < 1.29 is 0 Å². The number of aromatic nitrogens is 4. The quantitative estimate of drug-likeness (QED) is 0.481. The molecule has 5 rings (SSSR count). The lowest BCUT2D eigenvalue weighted by Gasteiger charge is -2.16. The molecule has 4 aromatic rings. The van der Waals surface area contributed by atoms with Crippen molar-refractivity contribution >= 4 is 23.1 Å². The van der Waals surface area contributed by atoms with Crippen molar-refractivity contribution in [2.75, 3.05) is 0 Å². The van der Waals surface area contributed by atoms with Crippen LogP contribution in [0.5, 0.6) is 0 Å². The topological polar surface area (TPSA) is 38.5 Å². The smallest absolute Gasteiger partial charge is 0.199 e. The van der Waals surface area contributed by atoms with E-state index >= 15 is 0 Å². The molecule has 5 heteroatoms. The molecule has 2 aromatic heterocycles. The molecule has 0 saturated carbocycles. The zero-order valence-electron chi connectivity index (χ0n) is 16.1. The van der Waals surface area contributed by atoms with Gasteiger partial charge in [-0.25, -0.2) is 0 Å². The van der Waals surface area contributed by atoms with Gasteiger partial charge in [-0.2, -0.15) is 5.10 Å². The molecule has 0 bridgehead atoms. The van der Waals surface area contributed by atoms with E-state index < -0.39 is 0 Å². The van der Waals surface area contributed by atoms with Gasteiger partial charge in [0, 0.05) is 35.2 Å². The van der Waals surface area contributed by atoms with E-state index in [0.717, 1.165) is 24.5 Å². The number of benzene rings is 2. The number of nitrogens with zero attached hydrogens (tertiary/aromatic N) is 3. The Morgan fingerprint density at radius 3 is 2.68 bits per heavy atom. The van der Waals surface area contributed by atoms with E-state index in [4.69, 9.17) is 12.2 Å². The highest BCUT2D eigenvalue weighted by atomic mass is 32.1. The molecule has 142 valence electrons. The summed E-state index contributed by atoms with van der Waals surface area (Å²) < 4.78 is 5.23. The molecular formula is C23H24N4S. The minimum absolute atomic E-state index is 0.651. The van der Waals surface area contributed by atoms with E-state index in [1.165, 1.54) is 47.8 Å². The van der Waals surface area contributed by atoms with Gasteiger partial charge in [-0.3, -0.25) is 9.67 Å². The first kappa shape index (κ1) is 17.4. The van der Waals surface area contributed by atoms with Gasteiger partial charge >= 0.3 is 0 Å². The maximum Gasteiger partial charge on any atom is 0.199 e. The Bertz CT molecular complexity index is 1190. The summed E-state index contributed by atoms with van der Waals surface area (Å²) in [5, 5.41) is 8.95. The number of hydrogen-bond donors (Lipinski definition) is 1. The first-order valence-electron chi connectivity index (χ1n) is 10.0. The molecule has 0 saturated heterocycles. The van der Waals surface area contributed by atoms with Crippen LogP contribution in [0.1, 0.15) is 35.5 Å². The summed E-state index contributed by atoms with van der Waals surface area (Å²) in [5.41, 5.74) is 6.73. The third kappa shape index (κ3) is 2.90. The fraction of sp³-hybridized carbons (Fsp3) is 0.304. The zero-order chi connectivity index (χ0) is 19.1. The van der Waals surface area contributed by atoms with Crippen LogP contribution in [0, 0.1) is 11.7 Å². The van der Waals surface area contributed by atoms with E-state index in [9.17, 15) is 0 Å². The summed E-state index contributed by atoms with van der Waals surface area (Å²) in [6.45, 7) is 3.01. The number of hydrogen-bond acceptors (Lipinski definition) is 2. The molecule has 1 aliphatic carbocycles. The summed E-state index contributed by atoms with van der Waals surface area (Å²) in [7, 11) is 0. The predicted molar refractivity (Wildman–Crippen MR) is 116 cm³/mol. The molecule has 0 spiro atoms. The van der Waals surface area contributed by atoms with Crippen LogP contribution in [0.15, 0.2) is 48.5 Å². The molecule has 1 N–H and O–H groups in total. The van der Waals surface area contributed by atoms with E-state index in [-0.39, 0.29) is 0 Å². The maximum atomic E-state index is 5.51. The van der Waals surface area contributed by atoms with E-state index in [1.54, 1.807) is 5.56 Å². The Kier molecular flexibility index (Phi) is 4.40. The lowest BCUT2D eigenvalue weighted by Crippen LogP contribution is -2.12. The molecule has 4 nitrogen and oxygen atoms in total. The highest BCUT2D eigenvalue weighted by molar-refractivity contribution is 7.71. The van der Waals surface area contributed by atoms with Crippen LogP contribution in [0.4, 0.5) is 0 Å². The van der Waals surface area contributed by atoms with Crippen LogP contribution in [0.25, 0.3) is 16.6 Å². The average Bonchev–Trinajstić information content (AvgIpc) is 3.25. The second kappa shape index (κ2) is 7.06. The van der Waals surface area contributed by atoms with E-state index in [2.05, 4.69) is 74.8 Å². The van der Waals surface area contributed by atoms with Crippen molar-refractivity contribution in [1.29, 1.82) is 0 Å². The van der Waals surface area contributed by atoms with Crippen LogP contribution in [0.3, 0.4) is 0 Å². The summed E-state index contributed by atoms with van der Waals surface area (Å²) in [5.74, 6) is 0.983. The fourth-order valence-corrected chi connectivity index (χ4v) is 4.77. The molecular weight excluding hydrogens is 364 g/mol. The highest BCUT2D eigenvalue weighted by Crippen LogP contribution is 2.32. The zero-order valence-corrected chi connectivity index (χ0v) is 16.9. The normalized spacial score (nSPS) is 13.8. The van der Waals surface area contributed by atoms with Crippen LogP contribution in [-0.4, -0.2) is 19.3 Å². The van der Waals surface area contributed by atoms with Gasteiger partial charge in [-0.1, -0.05) is 35.9 Å². The van der Waals surface area contributed by atoms with Crippen molar-refractivity contribution in [3.8, 4) is 5.69 Å². The van der Waals surface area contributed by atoms with Crippen molar-refractivity contribution in [1.82, 2.24) is 19.3 Å². The summed E-state index contributed by atoms with van der Waals surface area (Å²) in [6, 6.07) is 17.3. The van der Waals surface area contributed by atoms with Crippen LogP contribution in [-0.2, 0) is 25.8 Å². The maximum absolute atomic E-state index is 5.51. The monoisotopic (exact) mass is 388 g/mol.